The van der Waals surface area contributed by atoms with E-state index in [1.807, 2.05) is 18.2 Å². The van der Waals surface area contributed by atoms with E-state index in [2.05, 4.69) is 41.2 Å². The van der Waals surface area contributed by atoms with Crippen LogP contribution in [0, 0.1) is 0 Å². The lowest BCUT2D eigenvalue weighted by Gasteiger charge is -2.07. The fourth-order valence-electron chi connectivity index (χ4n) is 2.49. The minimum Gasteiger partial charge on any atom is -0.493 e. The molecule has 2 rings (SSSR count). The standard InChI is InChI=1S/C20H27N2O2/c1-23-19-9-8-18(16-20(19)24-2)7-6-17-10-14-22(15-11-17)13-5-3-4-12-21/h6-11,14-16H,3-5,12-13,21H2,1-2H3/q+1/b7-6+. The van der Waals surface area contributed by atoms with E-state index in [-0.39, 0.29) is 0 Å². The van der Waals surface area contributed by atoms with Crippen molar-refractivity contribution in [2.45, 2.75) is 25.8 Å². The molecule has 0 aliphatic rings. The Balaban J connectivity index is 1.96. The highest BCUT2D eigenvalue weighted by molar-refractivity contribution is 5.70. The predicted octanol–water partition coefficient (Wildman–Crippen LogP) is 3.29. The average molecular weight is 327 g/mol. The Morgan fingerprint density at radius 1 is 0.875 bits per heavy atom. The highest BCUT2D eigenvalue weighted by Gasteiger charge is 2.03. The topological polar surface area (TPSA) is 48.4 Å². The second kappa shape index (κ2) is 9.73. The number of nitrogens with zero attached hydrogens (tertiary/aromatic N) is 1. The maximum atomic E-state index is 5.51. The Bertz CT molecular complexity index is 651. The van der Waals surface area contributed by atoms with Crippen LogP contribution in [0.3, 0.4) is 0 Å². The summed E-state index contributed by atoms with van der Waals surface area (Å²) in [7, 11) is 3.29. The van der Waals surface area contributed by atoms with E-state index in [1.54, 1.807) is 14.2 Å². The molecule has 0 spiro atoms. The normalized spacial score (nSPS) is 11.0. The molecule has 0 aliphatic heterocycles. The van der Waals surface area contributed by atoms with Crippen molar-refractivity contribution in [1.29, 1.82) is 0 Å². The number of unbranched alkanes of at least 4 members (excludes halogenated alkanes) is 2. The van der Waals surface area contributed by atoms with Gasteiger partial charge in [-0.25, -0.2) is 4.57 Å². The van der Waals surface area contributed by atoms with Crippen LogP contribution in [0.2, 0.25) is 0 Å². The zero-order valence-corrected chi connectivity index (χ0v) is 14.6. The summed E-state index contributed by atoms with van der Waals surface area (Å²) in [6, 6.07) is 10.1. The van der Waals surface area contributed by atoms with Crippen LogP contribution in [0.15, 0.2) is 42.7 Å². The lowest BCUT2D eigenvalue weighted by atomic mass is 10.1. The summed E-state index contributed by atoms with van der Waals surface area (Å²) in [4.78, 5) is 0. The molecule has 4 heteroatoms. The van der Waals surface area contributed by atoms with Crippen LogP contribution in [0.1, 0.15) is 30.4 Å². The number of hydrogen-bond acceptors (Lipinski definition) is 3. The maximum absolute atomic E-state index is 5.51. The highest BCUT2D eigenvalue weighted by Crippen LogP contribution is 2.28. The van der Waals surface area contributed by atoms with Crippen LogP contribution in [0.4, 0.5) is 0 Å². The van der Waals surface area contributed by atoms with Crippen molar-refractivity contribution in [3.63, 3.8) is 0 Å². The molecule has 4 nitrogen and oxygen atoms in total. The molecule has 0 saturated heterocycles. The Kier molecular flexibility index (Phi) is 7.30. The number of rotatable bonds is 9. The molecule has 1 aromatic carbocycles. The Labute approximate surface area is 144 Å². The minimum atomic E-state index is 0.739. The molecule has 24 heavy (non-hydrogen) atoms. The number of aryl methyl sites for hydroxylation is 1. The van der Waals surface area contributed by atoms with Gasteiger partial charge >= 0.3 is 0 Å². The molecule has 128 valence electrons. The van der Waals surface area contributed by atoms with E-state index in [4.69, 9.17) is 15.2 Å². The van der Waals surface area contributed by atoms with Crippen molar-refractivity contribution < 1.29 is 14.0 Å². The molecule has 2 aromatic rings. The monoisotopic (exact) mass is 327 g/mol. The second-order valence-electron chi connectivity index (χ2n) is 5.67. The molecule has 0 atom stereocenters. The van der Waals surface area contributed by atoms with Crippen molar-refractivity contribution in [3.05, 3.63) is 53.9 Å². The molecule has 2 N–H and O–H groups in total. The maximum Gasteiger partial charge on any atom is 0.169 e. The largest absolute Gasteiger partial charge is 0.493 e. The van der Waals surface area contributed by atoms with Crippen molar-refractivity contribution in [3.8, 4) is 11.5 Å². The van der Waals surface area contributed by atoms with Gasteiger partial charge in [0.25, 0.3) is 0 Å². The van der Waals surface area contributed by atoms with Gasteiger partial charge in [-0.05, 0) is 42.6 Å². The van der Waals surface area contributed by atoms with Crippen LogP contribution in [-0.2, 0) is 6.54 Å². The number of nitrogens with two attached hydrogens (primary N) is 1. The lowest BCUT2D eigenvalue weighted by molar-refractivity contribution is -0.697. The molecular weight excluding hydrogens is 300 g/mol. The van der Waals surface area contributed by atoms with Crippen LogP contribution in [0.25, 0.3) is 12.2 Å². The van der Waals surface area contributed by atoms with Crippen molar-refractivity contribution in [2.75, 3.05) is 20.8 Å². The molecule has 0 aliphatic carbocycles. The van der Waals surface area contributed by atoms with E-state index in [1.165, 1.54) is 18.4 Å². The molecular formula is C20H27N2O2+. The summed E-state index contributed by atoms with van der Waals surface area (Å²) in [5.41, 5.74) is 7.76. The first-order valence-corrected chi connectivity index (χ1v) is 8.36. The molecule has 0 bridgehead atoms. The van der Waals surface area contributed by atoms with Crippen molar-refractivity contribution in [1.82, 2.24) is 0 Å². The van der Waals surface area contributed by atoms with Crippen LogP contribution >= 0.6 is 0 Å². The molecule has 0 fully saturated rings. The SMILES string of the molecule is COc1ccc(/C=C/c2cc[n+](CCCCCN)cc2)cc1OC. The number of pyridine rings is 1. The van der Waals surface area contributed by atoms with Crippen molar-refractivity contribution in [2.24, 2.45) is 5.73 Å². The molecule has 0 saturated carbocycles. The van der Waals surface area contributed by atoms with Gasteiger partial charge in [0, 0.05) is 18.6 Å². The quantitative estimate of drug-likeness (QED) is 0.568. The van der Waals surface area contributed by atoms with Gasteiger partial charge in [0.2, 0.25) is 0 Å². The van der Waals surface area contributed by atoms with Gasteiger partial charge < -0.3 is 15.2 Å². The Morgan fingerprint density at radius 3 is 2.25 bits per heavy atom. The van der Waals surface area contributed by atoms with Gasteiger partial charge in [0.05, 0.1) is 14.2 Å². The van der Waals surface area contributed by atoms with Gasteiger partial charge in [0.1, 0.15) is 6.54 Å². The first kappa shape index (κ1) is 18.0. The van der Waals surface area contributed by atoms with Gasteiger partial charge in [-0.2, -0.15) is 0 Å². The molecule has 0 unspecified atom stereocenters. The molecule has 0 radical (unpaired) electrons. The fourth-order valence-corrected chi connectivity index (χ4v) is 2.49. The number of benzene rings is 1. The molecule has 1 heterocycles. The summed E-state index contributed by atoms with van der Waals surface area (Å²) < 4.78 is 12.8. The summed E-state index contributed by atoms with van der Waals surface area (Å²) in [5, 5.41) is 0. The smallest absolute Gasteiger partial charge is 0.169 e. The third-order valence-corrected chi connectivity index (χ3v) is 3.91. The first-order valence-electron chi connectivity index (χ1n) is 8.36. The zero-order valence-electron chi connectivity index (χ0n) is 14.6. The predicted molar refractivity (Wildman–Crippen MR) is 98.0 cm³/mol. The van der Waals surface area contributed by atoms with E-state index in [9.17, 15) is 0 Å². The second-order valence-corrected chi connectivity index (χ2v) is 5.67. The Morgan fingerprint density at radius 2 is 1.58 bits per heavy atom. The molecule has 0 amide bonds. The number of aromatic nitrogens is 1. The average Bonchev–Trinajstić information content (AvgIpc) is 2.64. The Hall–Kier alpha value is -2.33. The summed E-state index contributed by atoms with van der Waals surface area (Å²) in [6.45, 7) is 1.82. The third kappa shape index (κ3) is 5.39. The van der Waals surface area contributed by atoms with Gasteiger partial charge in [0.15, 0.2) is 23.9 Å². The van der Waals surface area contributed by atoms with Crippen molar-refractivity contribution >= 4 is 12.2 Å². The van der Waals surface area contributed by atoms with E-state index < -0.39 is 0 Å². The summed E-state index contributed by atoms with van der Waals surface area (Å²) >= 11 is 0. The van der Waals surface area contributed by atoms with Crippen LogP contribution < -0.4 is 19.8 Å². The number of methoxy groups -OCH3 is 2. The van der Waals surface area contributed by atoms with E-state index in [0.29, 0.717) is 0 Å². The van der Waals surface area contributed by atoms with Crippen LogP contribution in [-0.4, -0.2) is 20.8 Å². The number of hydrogen-bond donors (Lipinski definition) is 1. The molecule has 1 aromatic heterocycles. The zero-order chi connectivity index (χ0) is 17.2. The third-order valence-electron chi connectivity index (χ3n) is 3.91. The minimum absolute atomic E-state index is 0.739. The summed E-state index contributed by atoms with van der Waals surface area (Å²) in [6.07, 6.45) is 11.9. The summed E-state index contributed by atoms with van der Waals surface area (Å²) in [5.74, 6) is 1.48. The van der Waals surface area contributed by atoms with E-state index >= 15 is 0 Å². The van der Waals surface area contributed by atoms with Gasteiger partial charge in [-0.15, -0.1) is 0 Å². The highest BCUT2D eigenvalue weighted by atomic mass is 16.5. The van der Waals surface area contributed by atoms with Crippen LogP contribution in [0.5, 0.6) is 11.5 Å². The first-order chi connectivity index (χ1) is 11.8. The lowest BCUT2D eigenvalue weighted by Crippen LogP contribution is -2.32. The fraction of sp³-hybridized carbons (Fsp3) is 0.350. The van der Waals surface area contributed by atoms with E-state index in [0.717, 1.165) is 36.6 Å². The van der Waals surface area contributed by atoms with Gasteiger partial charge in [-0.1, -0.05) is 18.2 Å². The van der Waals surface area contributed by atoms with Gasteiger partial charge in [-0.3, -0.25) is 0 Å². The number of ether oxygens (including phenoxy) is 2.